The van der Waals surface area contributed by atoms with E-state index in [4.69, 9.17) is 0 Å². The molecule has 0 saturated heterocycles. The van der Waals surface area contributed by atoms with Crippen molar-refractivity contribution in [1.29, 1.82) is 0 Å². The number of aryl methyl sites for hydroxylation is 2. The van der Waals surface area contributed by atoms with E-state index in [1.54, 1.807) is 0 Å². The van der Waals surface area contributed by atoms with Crippen LogP contribution in [0.15, 0.2) is 12.1 Å². The Labute approximate surface area is 103 Å². The molecule has 0 saturated carbocycles. The standard InChI is InChI=1S/C14H23NO2/c1-9(2)13(8-16)15-7-12-5-10(3)14(17)11(4)6-12/h5-6,9,13,15-17H,7-8H2,1-4H3/t13-/m1/s1. The number of benzene rings is 1. The van der Waals surface area contributed by atoms with Crippen LogP contribution in [0.3, 0.4) is 0 Å². The molecule has 0 aliphatic carbocycles. The highest BCUT2D eigenvalue weighted by molar-refractivity contribution is 5.42. The third-order valence-electron chi connectivity index (χ3n) is 3.12. The summed E-state index contributed by atoms with van der Waals surface area (Å²) in [6.07, 6.45) is 0. The predicted octanol–water partition coefficient (Wildman–Crippen LogP) is 2.12. The quantitative estimate of drug-likeness (QED) is 0.735. The van der Waals surface area contributed by atoms with Crippen LogP contribution in [-0.4, -0.2) is 22.9 Å². The van der Waals surface area contributed by atoms with Gasteiger partial charge in [0.1, 0.15) is 5.75 Å². The first-order valence-corrected chi connectivity index (χ1v) is 6.09. The summed E-state index contributed by atoms with van der Waals surface area (Å²) in [5, 5.41) is 22.2. The molecule has 3 heteroatoms. The topological polar surface area (TPSA) is 52.5 Å². The van der Waals surface area contributed by atoms with Crippen molar-refractivity contribution in [3.63, 3.8) is 0 Å². The van der Waals surface area contributed by atoms with Gasteiger partial charge in [0.2, 0.25) is 0 Å². The molecule has 96 valence electrons. The van der Waals surface area contributed by atoms with Crippen molar-refractivity contribution < 1.29 is 10.2 Å². The van der Waals surface area contributed by atoms with E-state index in [-0.39, 0.29) is 12.6 Å². The lowest BCUT2D eigenvalue weighted by molar-refractivity contribution is 0.210. The van der Waals surface area contributed by atoms with Gasteiger partial charge in [0, 0.05) is 12.6 Å². The summed E-state index contributed by atoms with van der Waals surface area (Å²) in [6, 6.07) is 4.07. The molecule has 0 unspecified atom stereocenters. The molecule has 0 aliphatic rings. The zero-order chi connectivity index (χ0) is 13.0. The van der Waals surface area contributed by atoms with Gasteiger partial charge >= 0.3 is 0 Å². The van der Waals surface area contributed by atoms with Gasteiger partial charge in [0.15, 0.2) is 0 Å². The molecule has 0 amide bonds. The molecule has 0 spiro atoms. The smallest absolute Gasteiger partial charge is 0.121 e. The minimum Gasteiger partial charge on any atom is -0.507 e. The summed E-state index contributed by atoms with van der Waals surface area (Å²) >= 11 is 0. The van der Waals surface area contributed by atoms with Crippen LogP contribution in [-0.2, 0) is 6.54 Å². The van der Waals surface area contributed by atoms with E-state index in [2.05, 4.69) is 19.2 Å². The molecule has 0 aliphatic heterocycles. The second-order valence-corrected chi connectivity index (χ2v) is 4.99. The Kier molecular flexibility index (Phi) is 4.97. The first-order valence-electron chi connectivity index (χ1n) is 6.09. The summed E-state index contributed by atoms with van der Waals surface area (Å²) < 4.78 is 0. The molecular weight excluding hydrogens is 214 g/mol. The van der Waals surface area contributed by atoms with E-state index in [1.165, 1.54) is 0 Å². The fourth-order valence-electron chi connectivity index (χ4n) is 1.91. The van der Waals surface area contributed by atoms with Crippen LogP contribution in [0.2, 0.25) is 0 Å². The van der Waals surface area contributed by atoms with Crippen LogP contribution in [0.5, 0.6) is 5.75 Å². The Morgan fingerprint density at radius 3 is 2.12 bits per heavy atom. The molecule has 3 N–H and O–H groups in total. The Bertz CT molecular complexity index is 351. The monoisotopic (exact) mass is 237 g/mol. The van der Waals surface area contributed by atoms with Gasteiger partial charge in [-0.15, -0.1) is 0 Å². The van der Waals surface area contributed by atoms with Crippen molar-refractivity contribution in [2.24, 2.45) is 5.92 Å². The second kappa shape index (κ2) is 6.03. The van der Waals surface area contributed by atoms with Crippen LogP contribution >= 0.6 is 0 Å². The summed E-state index contributed by atoms with van der Waals surface area (Å²) in [7, 11) is 0. The van der Waals surface area contributed by atoms with Gasteiger partial charge in [-0.2, -0.15) is 0 Å². The highest BCUT2D eigenvalue weighted by Crippen LogP contribution is 2.22. The molecule has 1 aromatic rings. The number of phenolic OH excluding ortho intramolecular Hbond substituents is 1. The minimum atomic E-state index is 0.115. The molecule has 3 nitrogen and oxygen atoms in total. The summed E-state index contributed by atoms with van der Waals surface area (Å²) in [5.41, 5.74) is 2.93. The van der Waals surface area contributed by atoms with Gasteiger partial charge in [0.25, 0.3) is 0 Å². The van der Waals surface area contributed by atoms with E-state index >= 15 is 0 Å². The number of aromatic hydroxyl groups is 1. The van der Waals surface area contributed by atoms with Crippen molar-refractivity contribution >= 4 is 0 Å². The molecule has 0 heterocycles. The maximum Gasteiger partial charge on any atom is 0.121 e. The summed E-state index contributed by atoms with van der Waals surface area (Å²) in [5.74, 6) is 0.774. The van der Waals surface area contributed by atoms with E-state index in [9.17, 15) is 10.2 Å². The van der Waals surface area contributed by atoms with Gasteiger partial charge in [0.05, 0.1) is 6.61 Å². The Balaban J connectivity index is 2.69. The molecule has 0 aromatic heterocycles. The first kappa shape index (κ1) is 14.0. The maximum atomic E-state index is 9.68. The maximum absolute atomic E-state index is 9.68. The fraction of sp³-hybridized carbons (Fsp3) is 0.571. The lowest BCUT2D eigenvalue weighted by Gasteiger charge is -2.20. The van der Waals surface area contributed by atoms with Crippen molar-refractivity contribution in [3.8, 4) is 5.75 Å². The first-order chi connectivity index (χ1) is 7.95. The van der Waals surface area contributed by atoms with E-state index in [0.29, 0.717) is 18.2 Å². The number of rotatable bonds is 5. The number of aliphatic hydroxyl groups is 1. The average molecular weight is 237 g/mol. The number of phenols is 1. The molecule has 0 radical (unpaired) electrons. The third kappa shape index (κ3) is 3.72. The van der Waals surface area contributed by atoms with Crippen LogP contribution in [0.25, 0.3) is 0 Å². The number of hydrogen-bond acceptors (Lipinski definition) is 3. The zero-order valence-corrected chi connectivity index (χ0v) is 11.1. The summed E-state index contributed by atoms with van der Waals surface area (Å²) in [4.78, 5) is 0. The average Bonchev–Trinajstić information content (AvgIpc) is 2.26. The molecular formula is C14H23NO2. The number of nitrogens with one attached hydrogen (secondary N) is 1. The molecule has 1 aromatic carbocycles. The largest absolute Gasteiger partial charge is 0.507 e. The molecule has 0 fully saturated rings. The molecule has 0 bridgehead atoms. The van der Waals surface area contributed by atoms with Crippen LogP contribution in [0.1, 0.15) is 30.5 Å². The van der Waals surface area contributed by atoms with Gasteiger partial charge in [-0.25, -0.2) is 0 Å². The van der Waals surface area contributed by atoms with Crippen LogP contribution < -0.4 is 5.32 Å². The lowest BCUT2D eigenvalue weighted by atomic mass is 10.0. The van der Waals surface area contributed by atoms with E-state index in [0.717, 1.165) is 16.7 Å². The van der Waals surface area contributed by atoms with Gasteiger partial charge in [-0.1, -0.05) is 26.0 Å². The van der Waals surface area contributed by atoms with E-state index < -0.39 is 0 Å². The fourth-order valence-corrected chi connectivity index (χ4v) is 1.91. The van der Waals surface area contributed by atoms with Crippen molar-refractivity contribution in [2.45, 2.75) is 40.3 Å². The highest BCUT2D eigenvalue weighted by Gasteiger charge is 2.11. The highest BCUT2D eigenvalue weighted by atomic mass is 16.3. The Morgan fingerprint density at radius 2 is 1.71 bits per heavy atom. The third-order valence-corrected chi connectivity index (χ3v) is 3.12. The van der Waals surface area contributed by atoms with Crippen LogP contribution in [0.4, 0.5) is 0 Å². The Morgan fingerprint density at radius 1 is 1.18 bits per heavy atom. The SMILES string of the molecule is Cc1cc(CN[C@H](CO)C(C)C)cc(C)c1O. The molecule has 1 rings (SSSR count). The molecule has 17 heavy (non-hydrogen) atoms. The Hall–Kier alpha value is -1.06. The van der Waals surface area contributed by atoms with Crippen LogP contribution in [0, 0.1) is 19.8 Å². The second-order valence-electron chi connectivity index (χ2n) is 4.99. The van der Waals surface area contributed by atoms with Gasteiger partial charge in [-0.05, 0) is 36.5 Å². The predicted molar refractivity (Wildman–Crippen MR) is 70.1 cm³/mol. The summed E-state index contributed by atoms with van der Waals surface area (Å²) in [6.45, 7) is 8.83. The minimum absolute atomic E-state index is 0.115. The van der Waals surface area contributed by atoms with E-state index in [1.807, 2.05) is 26.0 Å². The molecule has 1 atom stereocenters. The van der Waals surface area contributed by atoms with Crippen molar-refractivity contribution in [2.75, 3.05) is 6.61 Å². The number of aliphatic hydroxyl groups excluding tert-OH is 1. The van der Waals surface area contributed by atoms with Gasteiger partial charge < -0.3 is 15.5 Å². The normalized spacial score (nSPS) is 13.1. The van der Waals surface area contributed by atoms with Crippen molar-refractivity contribution in [3.05, 3.63) is 28.8 Å². The number of hydrogen-bond donors (Lipinski definition) is 3. The zero-order valence-electron chi connectivity index (χ0n) is 11.1. The lowest BCUT2D eigenvalue weighted by Crippen LogP contribution is -2.36. The van der Waals surface area contributed by atoms with Gasteiger partial charge in [-0.3, -0.25) is 0 Å². The van der Waals surface area contributed by atoms with Crippen molar-refractivity contribution in [1.82, 2.24) is 5.32 Å².